The minimum Gasteiger partial charge on any atom is -0.427 e. The highest BCUT2D eigenvalue weighted by atomic mass is 19.4. The predicted octanol–water partition coefficient (Wildman–Crippen LogP) is 5.44. The number of likely N-dealkylation sites (tertiary alicyclic amines) is 1. The largest absolute Gasteiger partial charge is 0.427 e. The number of amides is 1. The fourth-order valence-electron chi connectivity index (χ4n) is 6.03. The molecular formula is C31H33F3N2O3. The van der Waals surface area contributed by atoms with Crippen LogP contribution >= 0.6 is 0 Å². The van der Waals surface area contributed by atoms with Crippen LogP contribution in [0, 0.1) is 17.8 Å². The normalized spacial score (nSPS) is 23.1. The molecule has 2 aromatic carbocycles. The van der Waals surface area contributed by atoms with Gasteiger partial charge in [-0.1, -0.05) is 24.1 Å². The van der Waals surface area contributed by atoms with Crippen molar-refractivity contribution >= 4 is 11.9 Å². The summed E-state index contributed by atoms with van der Waals surface area (Å²) in [5, 5.41) is 0. The maximum absolute atomic E-state index is 13.1. The van der Waals surface area contributed by atoms with Gasteiger partial charge in [0.05, 0.1) is 5.56 Å². The number of carbonyl (C=O) groups is 2. The first-order chi connectivity index (χ1) is 18.5. The van der Waals surface area contributed by atoms with Crippen LogP contribution in [0.3, 0.4) is 0 Å². The number of fused-ring (bicyclic) bond motifs is 1. The zero-order chi connectivity index (χ0) is 28.2. The predicted molar refractivity (Wildman–Crippen MR) is 143 cm³/mol. The van der Waals surface area contributed by atoms with E-state index in [0.717, 1.165) is 63.0 Å². The molecule has 0 aromatic heterocycles. The summed E-state index contributed by atoms with van der Waals surface area (Å²) in [5.74, 6) is 5.45. The second kappa shape index (κ2) is 11.7. The van der Waals surface area contributed by atoms with E-state index in [1.165, 1.54) is 19.1 Å². The molecule has 5 nitrogen and oxygen atoms in total. The highest BCUT2D eigenvalue weighted by Crippen LogP contribution is 2.50. The summed E-state index contributed by atoms with van der Waals surface area (Å²) in [6.45, 7) is 7.89. The molecule has 1 amide bonds. The van der Waals surface area contributed by atoms with E-state index in [9.17, 15) is 22.8 Å². The number of nitrogens with zero attached hydrogens (tertiary/aromatic N) is 2. The molecule has 0 radical (unpaired) electrons. The van der Waals surface area contributed by atoms with Crippen molar-refractivity contribution in [2.75, 3.05) is 26.7 Å². The van der Waals surface area contributed by atoms with Crippen molar-refractivity contribution in [2.24, 2.45) is 5.92 Å². The molecule has 1 saturated heterocycles. The number of ether oxygens (including phenoxy) is 1. The second-order valence-corrected chi connectivity index (χ2v) is 10.4. The Labute approximate surface area is 227 Å². The van der Waals surface area contributed by atoms with Crippen molar-refractivity contribution in [1.82, 2.24) is 9.80 Å². The Balaban J connectivity index is 1.56. The molecule has 0 N–H and O–H groups in total. The fraction of sp³-hybridized carbons (Fsp3) is 0.419. The summed E-state index contributed by atoms with van der Waals surface area (Å²) in [5.41, 5.74) is 0.495. The minimum atomic E-state index is -4.42. The Kier molecular flexibility index (Phi) is 8.51. The van der Waals surface area contributed by atoms with Crippen LogP contribution < -0.4 is 4.74 Å². The molecule has 4 rings (SSSR count). The average Bonchev–Trinajstić information content (AvgIpc) is 2.90. The third kappa shape index (κ3) is 6.54. The second-order valence-electron chi connectivity index (χ2n) is 10.4. The number of hydrogen-bond donors (Lipinski definition) is 0. The molecule has 2 aromatic rings. The van der Waals surface area contributed by atoms with Gasteiger partial charge in [0.25, 0.3) is 5.91 Å². The van der Waals surface area contributed by atoms with E-state index < -0.39 is 11.7 Å². The van der Waals surface area contributed by atoms with Crippen molar-refractivity contribution in [1.29, 1.82) is 0 Å². The van der Waals surface area contributed by atoms with Crippen molar-refractivity contribution in [3.63, 3.8) is 0 Å². The number of rotatable bonds is 5. The molecule has 3 atom stereocenters. The smallest absolute Gasteiger partial charge is 0.416 e. The summed E-state index contributed by atoms with van der Waals surface area (Å²) in [6.07, 6.45) is 0.873. The molecule has 0 unspecified atom stereocenters. The van der Waals surface area contributed by atoms with Crippen LogP contribution in [-0.2, 0) is 21.2 Å². The Bertz CT molecular complexity index is 1280. The van der Waals surface area contributed by atoms with Gasteiger partial charge >= 0.3 is 12.1 Å². The van der Waals surface area contributed by atoms with Crippen molar-refractivity contribution in [2.45, 2.75) is 50.2 Å². The van der Waals surface area contributed by atoms with Gasteiger partial charge in [0.2, 0.25) is 0 Å². The lowest BCUT2D eigenvalue weighted by Gasteiger charge is -2.54. The first-order valence-corrected chi connectivity index (χ1v) is 13.1. The zero-order valence-electron chi connectivity index (χ0n) is 22.3. The molecule has 206 valence electrons. The fourth-order valence-corrected chi connectivity index (χ4v) is 6.03. The summed E-state index contributed by atoms with van der Waals surface area (Å²) in [6, 6.07) is 12.1. The van der Waals surface area contributed by atoms with E-state index in [0.29, 0.717) is 17.2 Å². The molecular weight excluding hydrogens is 505 g/mol. The van der Waals surface area contributed by atoms with Gasteiger partial charge in [-0.05, 0) is 80.1 Å². The van der Waals surface area contributed by atoms with Gasteiger partial charge < -0.3 is 9.64 Å². The first-order valence-electron chi connectivity index (χ1n) is 13.1. The van der Waals surface area contributed by atoms with Crippen molar-refractivity contribution in [3.8, 4) is 17.6 Å². The monoisotopic (exact) mass is 538 g/mol. The Morgan fingerprint density at radius 1 is 1.21 bits per heavy atom. The molecule has 2 fully saturated rings. The number of esters is 1. The van der Waals surface area contributed by atoms with Gasteiger partial charge in [-0.2, -0.15) is 13.2 Å². The first kappa shape index (κ1) is 28.4. The Hall–Kier alpha value is -3.57. The van der Waals surface area contributed by atoms with Gasteiger partial charge in [0, 0.05) is 50.0 Å². The number of halogens is 3. The molecule has 8 heteroatoms. The van der Waals surface area contributed by atoms with Crippen LogP contribution in [0.2, 0.25) is 0 Å². The molecule has 39 heavy (non-hydrogen) atoms. The summed E-state index contributed by atoms with van der Waals surface area (Å²) in [7, 11) is 1.74. The number of carbonyl (C=O) groups excluding carboxylic acids is 2. The zero-order valence-corrected chi connectivity index (χ0v) is 22.3. The molecule has 1 aliphatic carbocycles. The number of benzene rings is 2. The van der Waals surface area contributed by atoms with E-state index in [4.69, 9.17) is 4.74 Å². The van der Waals surface area contributed by atoms with Crippen LogP contribution in [0.5, 0.6) is 5.75 Å². The lowest BCUT2D eigenvalue weighted by atomic mass is 9.57. The maximum Gasteiger partial charge on any atom is 0.416 e. The van der Waals surface area contributed by atoms with Crippen LogP contribution in [-0.4, -0.2) is 54.4 Å². The SMILES string of the molecule is C=CCN1CC[C@@]2(c3cccc(OC(C)=O)c3)C[C@@H](N(C)C(=O)C#Cc3ccc(C(F)(F)F)cc3)CC[C@@H]2C1. The molecule has 0 spiro atoms. The highest BCUT2D eigenvalue weighted by Gasteiger charge is 2.49. The highest BCUT2D eigenvalue weighted by molar-refractivity contribution is 5.94. The van der Waals surface area contributed by atoms with Crippen LogP contribution in [0.4, 0.5) is 13.2 Å². The van der Waals surface area contributed by atoms with E-state index >= 15 is 0 Å². The van der Waals surface area contributed by atoms with Crippen molar-refractivity contribution in [3.05, 3.63) is 77.9 Å². The van der Waals surface area contributed by atoms with E-state index in [-0.39, 0.29) is 23.3 Å². The Morgan fingerprint density at radius 3 is 2.62 bits per heavy atom. The van der Waals surface area contributed by atoms with Crippen LogP contribution in [0.1, 0.15) is 49.3 Å². The van der Waals surface area contributed by atoms with E-state index in [1.54, 1.807) is 18.0 Å². The summed E-state index contributed by atoms with van der Waals surface area (Å²) < 4.78 is 43.9. The lowest BCUT2D eigenvalue weighted by molar-refractivity contribution is -0.137. The van der Waals surface area contributed by atoms with Gasteiger partial charge in [-0.15, -0.1) is 6.58 Å². The number of piperidine rings is 1. The topological polar surface area (TPSA) is 49.9 Å². The van der Waals surface area contributed by atoms with E-state index in [2.05, 4.69) is 29.4 Å². The van der Waals surface area contributed by atoms with E-state index in [1.807, 2.05) is 18.2 Å². The molecule has 1 heterocycles. The Morgan fingerprint density at radius 2 is 1.95 bits per heavy atom. The average molecular weight is 539 g/mol. The molecule has 2 aliphatic rings. The van der Waals surface area contributed by atoms with Crippen LogP contribution in [0.15, 0.2) is 61.2 Å². The standard InChI is InChI=1S/C31H33F3N2O3/c1-4-17-36-18-16-30(25-6-5-7-28(19-25)39-22(2)37)20-27(14-13-26(30)21-36)35(3)29(38)15-10-23-8-11-24(12-9-23)31(32,33)34/h4-9,11-12,19,26-27H,1,13-14,16-18,20-21H2,2-3H3/t26-,27+,30+/m1/s1. The van der Waals surface area contributed by atoms with Gasteiger partial charge in [-0.3, -0.25) is 14.5 Å². The molecule has 1 aliphatic heterocycles. The number of hydrogen-bond acceptors (Lipinski definition) is 4. The third-order valence-corrected chi connectivity index (χ3v) is 8.03. The third-order valence-electron chi connectivity index (χ3n) is 8.03. The lowest BCUT2D eigenvalue weighted by Crippen LogP contribution is -2.56. The minimum absolute atomic E-state index is 0.0565. The quantitative estimate of drug-likeness (QED) is 0.220. The van der Waals surface area contributed by atoms with Gasteiger partial charge in [0.15, 0.2) is 0 Å². The van der Waals surface area contributed by atoms with Gasteiger partial charge in [-0.25, -0.2) is 0 Å². The summed E-state index contributed by atoms with van der Waals surface area (Å²) >= 11 is 0. The number of alkyl halides is 3. The summed E-state index contributed by atoms with van der Waals surface area (Å²) in [4.78, 5) is 28.7. The molecule has 0 bridgehead atoms. The van der Waals surface area contributed by atoms with Gasteiger partial charge in [0.1, 0.15) is 5.75 Å². The maximum atomic E-state index is 13.1. The van der Waals surface area contributed by atoms with Crippen molar-refractivity contribution < 1.29 is 27.5 Å². The van der Waals surface area contributed by atoms with Crippen LogP contribution in [0.25, 0.3) is 0 Å². The molecule has 1 saturated carbocycles.